The number of aryl methyl sites for hydroxylation is 1. The molecule has 0 aliphatic carbocycles. The molecule has 3 aromatic rings. The van der Waals surface area contributed by atoms with E-state index in [9.17, 15) is 9.59 Å². The van der Waals surface area contributed by atoms with Crippen molar-refractivity contribution in [1.29, 1.82) is 0 Å². The van der Waals surface area contributed by atoms with Gasteiger partial charge in [-0.1, -0.05) is 78.9 Å². The quantitative estimate of drug-likeness (QED) is 0.399. The van der Waals surface area contributed by atoms with Crippen molar-refractivity contribution in [3.8, 4) is 5.75 Å². The van der Waals surface area contributed by atoms with Gasteiger partial charge in [-0.15, -0.1) is 0 Å². The van der Waals surface area contributed by atoms with Crippen molar-refractivity contribution in [1.82, 2.24) is 9.80 Å². The summed E-state index contributed by atoms with van der Waals surface area (Å²) in [5.74, 6) is 0.0882. The van der Waals surface area contributed by atoms with Crippen LogP contribution in [0.4, 0.5) is 5.69 Å². The van der Waals surface area contributed by atoms with Crippen molar-refractivity contribution in [3.63, 3.8) is 0 Å². The lowest BCUT2D eigenvalue weighted by Crippen LogP contribution is -2.61. The third kappa shape index (κ3) is 3.69. The molecule has 1 N–H and O–H groups in total. The van der Waals surface area contributed by atoms with Crippen molar-refractivity contribution in [2.24, 2.45) is 0 Å². The predicted molar refractivity (Wildman–Crippen MR) is 159 cm³/mol. The van der Waals surface area contributed by atoms with Crippen LogP contribution in [0.25, 0.3) is 0 Å². The number of halogens is 1. The monoisotopic (exact) mass is 577 g/mol. The number of thiocarbonyl (C=S) groups is 1. The fraction of sp³-hybridized carbons (Fsp3) is 0.300. The van der Waals surface area contributed by atoms with E-state index < -0.39 is 10.3 Å². The average Bonchev–Trinajstić information content (AvgIpc) is 3.48. The Balaban J connectivity index is 1.54. The van der Waals surface area contributed by atoms with Gasteiger partial charge in [0.25, 0.3) is 5.91 Å². The van der Waals surface area contributed by atoms with Crippen LogP contribution >= 0.6 is 35.6 Å². The molecule has 9 heteroatoms. The second kappa shape index (κ2) is 9.63. The summed E-state index contributed by atoms with van der Waals surface area (Å²) in [6.07, 6.45) is 0.817. The highest BCUT2D eigenvalue weighted by atomic mass is 35.5. The first-order valence-electron chi connectivity index (χ1n) is 12.9. The van der Waals surface area contributed by atoms with Crippen LogP contribution in [0.1, 0.15) is 35.1 Å². The average molecular weight is 578 g/mol. The molecular weight excluding hydrogens is 550 g/mol. The van der Waals surface area contributed by atoms with Crippen LogP contribution in [0.3, 0.4) is 0 Å². The Labute approximate surface area is 242 Å². The van der Waals surface area contributed by atoms with Crippen LogP contribution in [-0.4, -0.2) is 51.4 Å². The van der Waals surface area contributed by atoms with E-state index in [1.54, 1.807) is 12.0 Å². The van der Waals surface area contributed by atoms with Gasteiger partial charge < -0.3 is 10.1 Å². The van der Waals surface area contributed by atoms with Crippen molar-refractivity contribution in [3.05, 3.63) is 94.0 Å². The van der Waals surface area contributed by atoms with Crippen molar-refractivity contribution in [2.45, 2.75) is 36.1 Å². The predicted octanol–water partition coefficient (Wildman–Crippen LogP) is 5.59. The number of rotatable bonds is 5. The molecule has 200 valence electrons. The first kappa shape index (κ1) is 26.3. The van der Waals surface area contributed by atoms with Crippen LogP contribution in [0.2, 0.25) is 5.02 Å². The minimum atomic E-state index is -1.24. The summed E-state index contributed by atoms with van der Waals surface area (Å²) in [6, 6.07) is 21.3. The number of amides is 2. The molecule has 39 heavy (non-hydrogen) atoms. The lowest BCUT2D eigenvalue weighted by atomic mass is 9.71. The number of carbonyl (C=O) groups excluding carboxylic acids is 2. The third-order valence-corrected chi connectivity index (χ3v) is 10.5. The summed E-state index contributed by atoms with van der Waals surface area (Å²) in [5, 5.41) is 3.73. The number of nitrogens with zero attached hydrogens (tertiary/aromatic N) is 2. The SMILES string of the molecule is CCc1ccc2c(c1)C1(C(=O)N2)N(C)CC(c2ccc(Cl)cc2)C12SC(=S)N(Cc1ccc(OC)cc1)C2=O. The highest BCUT2D eigenvalue weighted by Gasteiger charge is 2.77. The van der Waals surface area contributed by atoms with Gasteiger partial charge >= 0.3 is 0 Å². The Kier molecular flexibility index (Phi) is 6.50. The summed E-state index contributed by atoms with van der Waals surface area (Å²) < 4.78 is 4.56. The largest absolute Gasteiger partial charge is 0.497 e. The fourth-order valence-corrected chi connectivity index (χ4v) is 8.69. The van der Waals surface area contributed by atoms with E-state index in [0.717, 1.165) is 40.1 Å². The van der Waals surface area contributed by atoms with Crippen LogP contribution in [-0.2, 0) is 28.1 Å². The van der Waals surface area contributed by atoms with Gasteiger partial charge in [-0.05, 0) is 60.5 Å². The molecular formula is C30H28ClN3O3S2. The molecule has 6 nitrogen and oxygen atoms in total. The standard InChI is InChI=1S/C30H28ClN3O3S2/c1-4-18-7-14-25-23(15-18)29(26(35)32-25)30(24(17-33(29)2)20-8-10-21(31)11-9-20)27(36)34(28(38)39-30)16-19-5-12-22(37-3)13-6-19/h5-15,24H,4,16-17H2,1-3H3,(H,32,35). The van der Waals surface area contributed by atoms with Gasteiger partial charge in [0.15, 0.2) is 5.54 Å². The van der Waals surface area contributed by atoms with Gasteiger partial charge in [-0.2, -0.15) is 0 Å². The third-order valence-electron chi connectivity index (χ3n) is 8.32. The van der Waals surface area contributed by atoms with E-state index in [4.69, 9.17) is 28.6 Å². The second-order valence-electron chi connectivity index (χ2n) is 10.2. The fourth-order valence-electron chi connectivity index (χ4n) is 6.43. The number of likely N-dealkylation sites (N-methyl/N-ethyl adjacent to an activating group) is 1. The highest BCUT2D eigenvalue weighted by Crippen LogP contribution is 2.66. The van der Waals surface area contributed by atoms with Gasteiger partial charge in [0.1, 0.15) is 14.8 Å². The number of methoxy groups -OCH3 is 1. The van der Waals surface area contributed by atoms with Crippen LogP contribution in [0, 0.1) is 0 Å². The molecule has 3 atom stereocenters. The van der Waals surface area contributed by atoms with E-state index in [-0.39, 0.29) is 17.7 Å². The zero-order valence-corrected chi connectivity index (χ0v) is 24.3. The number of ether oxygens (including phenoxy) is 1. The van der Waals surface area contributed by atoms with Gasteiger partial charge in [0.2, 0.25) is 5.91 Å². The van der Waals surface area contributed by atoms with E-state index in [1.165, 1.54) is 11.8 Å². The zero-order chi connectivity index (χ0) is 27.5. The van der Waals surface area contributed by atoms with E-state index in [0.29, 0.717) is 22.4 Å². The topological polar surface area (TPSA) is 61.9 Å². The summed E-state index contributed by atoms with van der Waals surface area (Å²) in [4.78, 5) is 32.8. The molecule has 2 spiro atoms. The minimum absolute atomic E-state index is 0.150. The minimum Gasteiger partial charge on any atom is -0.497 e. The summed E-state index contributed by atoms with van der Waals surface area (Å²) >= 11 is 13.5. The number of fused-ring (bicyclic) bond motifs is 3. The Bertz CT molecular complexity index is 1500. The summed E-state index contributed by atoms with van der Waals surface area (Å²) in [6.45, 7) is 2.90. The number of benzene rings is 3. The lowest BCUT2D eigenvalue weighted by molar-refractivity contribution is -0.138. The highest BCUT2D eigenvalue weighted by molar-refractivity contribution is 8.25. The first-order chi connectivity index (χ1) is 18.8. The maximum absolute atomic E-state index is 14.9. The Morgan fingerprint density at radius 3 is 2.44 bits per heavy atom. The number of carbonyl (C=O) groups is 2. The molecule has 0 saturated carbocycles. The van der Waals surface area contributed by atoms with E-state index in [2.05, 4.69) is 23.2 Å². The molecule has 3 unspecified atom stereocenters. The number of hydrogen-bond acceptors (Lipinski definition) is 6. The maximum Gasteiger partial charge on any atom is 0.251 e. The first-order valence-corrected chi connectivity index (χ1v) is 14.5. The van der Waals surface area contributed by atoms with Gasteiger partial charge in [-0.25, -0.2) is 0 Å². The second-order valence-corrected chi connectivity index (χ2v) is 12.5. The molecule has 3 aromatic carbocycles. The lowest BCUT2D eigenvalue weighted by Gasteiger charge is -2.42. The number of anilines is 1. The van der Waals surface area contributed by atoms with E-state index >= 15 is 0 Å². The molecule has 2 fully saturated rings. The zero-order valence-electron chi connectivity index (χ0n) is 21.9. The Hall–Kier alpha value is -2.91. The molecule has 0 aromatic heterocycles. The van der Waals surface area contributed by atoms with Crippen molar-refractivity contribution in [2.75, 3.05) is 26.0 Å². The molecule has 0 bridgehead atoms. The maximum atomic E-state index is 14.9. The molecule has 3 heterocycles. The smallest absolute Gasteiger partial charge is 0.251 e. The van der Waals surface area contributed by atoms with Crippen LogP contribution in [0.5, 0.6) is 5.75 Å². The van der Waals surface area contributed by atoms with Gasteiger partial charge in [-0.3, -0.25) is 19.4 Å². The molecule has 0 radical (unpaired) electrons. The summed E-state index contributed by atoms with van der Waals surface area (Å²) in [5.41, 5.74) is 3.33. The normalized spacial score (nSPS) is 26.1. The van der Waals surface area contributed by atoms with E-state index in [1.807, 2.05) is 67.7 Å². The van der Waals surface area contributed by atoms with Crippen LogP contribution < -0.4 is 10.1 Å². The number of likely N-dealkylation sites (tertiary alicyclic amines) is 1. The van der Waals surface area contributed by atoms with Crippen molar-refractivity contribution >= 4 is 57.4 Å². The molecule has 3 aliphatic heterocycles. The molecule has 2 amide bonds. The number of hydrogen-bond donors (Lipinski definition) is 1. The summed E-state index contributed by atoms with van der Waals surface area (Å²) in [7, 11) is 3.56. The number of thioether (sulfide) groups is 1. The van der Waals surface area contributed by atoms with Gasteiger partial charge in [0.05, 0.1) is 13.7 Å². The van der Waals surface area contributed by atoms with Crippen LogP contribution in [0.15, 0.2) is 66.7 Å². The van der Waals surface area contributed by atoms with Gasteiger partial charge in [0, 0.05) is 28.7 Å². The van der Waals surface area contributed by atoms with Crippen molar-refractivity contribution < 1.29 is 14.3 Å². The molecule has 2 saturated heterocycles. The number of nitrogens with one attached hydrogen (secondary N) is 1. The molecule has 3 aliphatic rings. The Morgan fingerprint density at radius 1 is 1.08 bits per heavy atom. The molecule has 6 rings (SSSR count). The Morgan fingerprint density at radius 2 is 1.77 bits per heavy atom.